The fourth-order valence-electron chi connectivity index (χ4n) is 1.66. The van der Waals surface area contributed by atoms with Gasteiger partial charge in [0.25, 0.3) is 0 Å². The standard InChI is InChI=1S/C8H13N3O2/c12-8-11-10-7(13-8)5-6-3-1-2-4-9-6/h6,9H,1-5H2,(H,11,12). The molecular formula is C8H13N3O2. The highest BCUT2D eigenvalue weighted by atomic mass is 16.4. The molecule has 13 heavy (non-hydrogen) atoms. The summed E-state index contributed by atoms with van der Waals surface area (Å²) in [6, 6.07) is 0.417. The number of nitrogens with one attached hydrogen (secondary N) is 2. The van der Waals surface area contributed by atoms with Crippen molar-refractivity contribution in [1.82, 2.24) is 15.5 Å². The first-order chi connectivity index (χ1) is 6.34. The zero-order chi connectivity index (χ0) is 9.10. The van der Waals surface area contributed by atoms with Gasteiger partial charge in [0.05, 0.1) is 0 Å². The second-order valence-electron chi connectivity index (χ2n) is 3.36. The number of piperidine rings is 1. The molecule has 2 N–H and O–H groups in total. The predicted octanol–water partition coefficient (Wildman–Crippen LogP) is 0.0475. The minimum atomic E-state index is -0.467. The number of rotatable bonds is 2. The maximum atomic E-state index is 10.6. The van der Waals surface area contributed by atoms with E-state index < -0.39 is 5.76 Å². The third-order valence-electron chi connectivity index (χ3n) is 2.32. The van der Waals surface area contributed by atoms with Gasteiger partial charge >= 0.3 is 5.76 Å². The van der Waals surface area contributed by atoms with Crippen LogP contribution < -0.4 is 11.1 Å². The maximum absolute atomic E-state index is 10.6. The fourth-order valence-corrected chi connectivity index (χ4v) is 1.66. The lowest BCUT2D eigenvalue weighted by atomic mass is 10.0. The number of hydrogen-bond acceptors (Lipinski definition) is 4. The van der Waals surface area contributed by atoms with Crippen molar-refractivity contribution in [1.29, 1.82) is 0 Å². The summed E-state index contributed by atoms with van der Waals surface area (Å²) in [6.45, 7) is 1.05. The molecule has 1 aliphatic rings. The Hall–Kier alpha value is -1.10. The molecule has 1 aromatic rings. The van der Waals surface area contributed by atoms with Gasteiger partial charge in [-0.05, 0) is 19.4 Å². The third kappa shape index (κ3) is 2.18. The highest BCUT2D eigenvalue weighted by Crippen LogP contribution is 2.10. The number of nitrogens with zero attached hydrogens (tertiary/aromatic N) is 1. The molecular weight excluding hydrogens is 170 g/mol. The largest absolute Gasteiger partial charge is 0.434 e. The summed E-state index contributed by atoms with van der Waals surface area (Å²) >= 11 is 0. The molecule has 0 saturated carbocycles. The topological polar surface area (TPSA) is 70.9 Å². The van der Waals surface area contributed by atoms with Gasteiger partial charge in [0.15, 0.2) is 0 Å². The Morgan fingerprint density at radius 1 is 1.54 bits per heavy atom. The Labute approximate surface area is 75.5 Å². The molecule has 2 rings (SSSR count). The summed E-state index contributed by atoms with van der Waals surface area (Å²) in [6.07, 6.45) is 4.32. The van der Waals surface area contributed by atoms with Crippen molar-refractivity contribution >= 4 is 0 Å². The Kier molecular flexibility index (Phi) is 2.44. The highest BCUT2D eigenvalue weighted by molar-refractivity contribution is 4.83. The van der Waals surface area contributed by atoms with E-state index in [9.17, 15) is 4.79 Å². The Morgan fingerprint density at radius 3 is 3.08 bits per heavy atom. The van der Waals surface area contributed by atoms with Crippen molar-refractivity contribution in [3.8, 4) is 0 Å². The fraction of sp³-hybridized carbons (Fsp3) is 0.750. The molecule has 1 fully saturated rings. The molecule has 0 bridgehead atoms. The van der Waals surface area contributed by atoms with Crippen LogP contribution in [0.5, 0.6) is 0 Å². The van der Waals surface area contributed by atoms with E-state index in [1.54, 1.807) is 0 Å². The number of hydrogen-bond donors (Lipinski definition) is 2. The number of aromatic amines is 1. The van der Waals surface area contributed by atoms with Crippen LogP contribution in [0.3, 0.4) is 0 Å². The molecule has 0 aliphatic carbocycles. The van der Waals surface area contributed by atoms with Crippen molar-refractivity contribution in [3.63, 3.8) is 0 Å². The molecule has 1 atom stereocenters. The summed E-state index contributed by atoms with van der Waals surface area (Å²) in [5.74, 6) is 0.0372. The van der Waals surface area contributed by atoms with Crippen LogP contribution in [0.2, 0.25) is 0 Å². The van der Waals surface area contributed by atoms with E-state index >= 15 is 0 Å². The quantitative estimate of drug-likeness (QED) is 0.679. The van der Waals surface area contributed by atoms with Crippen LogP contribution in [0.1, 0.15) is 25.2 Å². The van der Waals surface area contributed by atoms with Crippen LogP contribution in [-0.2, 0) is 6.42 Å². The van der Waals surface area contributed by atoms with Gasteiger partial charge in [0, 0.05) is 12.5 Å². The zero-order valence-electron chi connectivity index (χ0n) is 7.38. The zero-order valence-corrected chi connectivity index (χ0v) is 7.38. The molecule has 5 heteroatoms. The lowest BCUT2D eigenvalue weighted by Gasteiger charge is -2.21. The molecule has 72 valence electrons. The highest BCUT2D eigenvalue weighted by Gasteiger charge is 2.15. The molecule has 1 aliphatic heterocycles. The summed E-state index contributed by atoms with van der Waals surface area (Å²) in [4.78, 5) is 10.6. The monoisotopic (exact) mass is 183 g/mol. The van der Waals surface area contributed by atoms with Gasteiger partial charge < -0.3 is 9.73 Å². The lowest BCUT2D eigenvalue weighted by Crippen LogP contribution is -2.35. The van der Waals surface area contributed by atoms with E-state index in [4.69, 9.17) is 4.42 Å². The third-order valence-corrected chi connectivity index (χ3v) is 2.32. The van der Waals surface area contributed by atoms with Gasteiger partial charge in [0.1, 0.15) is 0 Å². The van der Waals surface area contributed by atoms with Gasteiger partial charge in [-0.2, -0.15) is 0 Å². The second-order valence-corrected chi connectivity index (χ2v) is 3.36. The summed E-state index contributed by atoms with van der Waals surface area (Å²) in [5.41, 5.74) is 0. The molecule has 0 amide bonds. The van der Waals surface area contributed by atoms with Crippen LogP contribution >= 0.6 is 0 Å². The smallest absolute Gasteiger partial charge is 0.392 e. The summed E-state index contributed by atoms with van der Waals surface area (Å²) in [7, 11) is 0. The van der Waals surface area contributed by atoms with Crippen LogP contribution in [0.15, 0.2) is 9.21 Å². The van der Waals surface area contributed by atoms with E-state index in [1.807, 2.05) is 0 Å². The Morgan fingerprint density at radius 2 is 2.46 bits per heavy atom. The van der Waals surface area contributed by atoms with Crippen molar-refractivity contribution < 1.29 is 4.42 Å². The van der Waals surface area contributed by atoms with Gasteiger partial charge in [-0.3, -0.25) is 0 Å². The van der Waals surface area contributed by atoms with Gasteiger partial charge in [-0.1, -0.05) is 6.42 Å². The molecule has 0 aromatic carbocycles. The number of aromatic nitrogens is 2. The normalized spacial score (nSPS) is 23.2. The molecule has 1 saturated heterocycles. The molecule has 5 nitrogen and oxygen atoms in total. The Balaban J connectivity index is 1.93. The molecule has 1 unspecified atom stereocenters. The Bertz CT molecular complexity index is 311. The first-order valence-corrected chi connectivity index (χ1v) is 4.62. The first kappa shape index (κ1) is 8.50. The molecule has 1 aromatic heterocycles. The number of H-pyrrole nitrogens is 1. The van der Waals surface area contributed by atoms with Crippen LogP contribution in [-0.4, -0.2) is 22.8 Å². The molecule has 2 heterocycles. The van der Waals surface area contributed by atoms with Crippen molar-refractivity contribution in [2.24, 2.45) is 0 Å². The molecule has 0 radical (unpaired) electrons. The van der Waals surface area contributed by atoms with Crippen LogP contribution in [0.25, 0.3) is 0 Å². The van der Waals surface area contributed by atoms with Gasteiger partial charge in [-0.25, -0.2) is 9.89 Å². The van der Waals surface area contributed by atoms with Crippen LogP contribution in [0.4, 0.5) is 0 Å². The van der Waals surface area contributed by atoms with Gasteiger partial charge in [0.2, 0.25) is 5.89 Å². The predicted molar refractivity (Wildman–Crippen MR) is 46.5 cm³/mol. The first-order valence-electron chi connectivity index (χ1n) is 4.62. The van der Waals surface area contributed by atoms with Crippen molar-refractivity contribution in [2.75, 3.05) is 6.54 Å². The minimum Gasteiger partial charge on any atom is -0.392 e. The summed E-state index contributed by atoms with van der Waals surface area (Å²) < 4.78 is 4.82. The van der Waals surface area contributed by atoms with E-state index in [0.717, 1.165) is 13.0 Å². The van der Waals surface area contributed by atoms with E-state index in [1.165, 1.54) is 12.8 Å². The van der Waals surface area contributed by atoms with Crippen molar-refractivity contribution in [3.05, 3.63) is 16.4 Å². The minimum absolute atomic E-state index is 0.417. The van der Waals surface area contributed by atoms with E-state index in [0.29, 0.717) is 18.4 Å². The average molecular weight is 183 g/mol. The average Bonchev–Trinajstić information content (AvgIpc) is 2.53. The van der Waals surface area contributed by atoms with E-state index in [2.05, 4.69) is 15.5 Å². The van der Waals surface area contributed by atoms with E-state index in [-0.39, 0.29) is 0 Å². The van der Waals surface area contributed by atoms with Crippen LogP contribution in [0, 0.1) is 0 Å². The second kappa shape index (κ2) is 3.74. The van der Waals surface area contributed by atoms with Gasteiger partial charge in [-0.15, -0.1) is 5.10 Å². The SMILES string of the molecule is O=c1[nH]nc(CC2CCCCN2)o1. The van der Waals surface area contributed by atoms with Crippen molar-refractivity contribution in [2.45, 2.75) is 31.7 Å². The molecule has 0 spiro atoms. The maximum Gasteiger partial charge on any atom is 0.434 e. The lowest BCUT2D eigenvalue weighted by molar-refractivity contribution is 0.361. The summed E-state index contributed by atoms with van der Waals surface area (Å²) in [5, 5.41) is 9.38.